The van der Waals surface area contributed by atoms with Crippen molar-refractivity contribution in [2.75, 3.05) is 0 Å². The van der Waals surface area contributed by atoms with Crippen molar-refractivity contribution in [2.45, 2.75) is 37.8 Å². The molecule has 21 heavy (non-hydrogen) atoms. The fourth-order valence-corrected chi connectivity index (χ4v) is 12.7. The molecule has 0 nitrogen and oxygen atoms in total. The van der Waals surface area contributed by atoms with Crippen molar-refractivity contribution in [1.82, 2.24) is 0 Å². The second kappa shape index (κ2) is 6.14. The Balaban J connectivity index is 2.19. The van der Waals surface area contributed by atoms with Crippen LogP contribution in [-0.2, 0) is 0 Å². The zero-order valence-corrected chi connectivity index (χ0v) is 16.2. The molecule has 0 amide bonds. The summed E-state index contributed by atoms with van der Waals surface area (Å²) in [5.41, 5.74) is 0.676. The van der Waals surface area contributed by atoms with E-state index in [0.717, 1.165) is 0 Å². The summed E-state index contributed by atoms with van der Waals surface area (Å²) in [6.45, 7) is 0. The molecule has 0 saturated heterocycles. The van der Waals surface area contributed by atoms with Crippen molar-refractivity contribution in [3.63, 3.8) is 0 Å². The average molecular weight is 428 g/mol. The minimum atomic E-state index is -2.47. The van der Waals surface area contributed by atoms with Crippen molar-refractivity contribution in [3.05, 3.63) is 60.7 Å². The van der Waals surface area contributed by atoms with Gasteiger partial charge in [-0.1, -0.05) is 0 Å². The molecule has 1 fully saturated rings. The van der Waals surface area contributed by atoms with Crippen molar-refractivity contribution in [2.24, 2.45) is 0 Å². The number of rotatable bonds is 3. The summed E-state index contributed by atoms with van der Waals surface area (Å²) < 4.78 is -2.47. The number of hydrogen-bond donors (Lipinski definition) is 0. The van der Waals surface area contributed by atoms with E-state index in [1.165, 1.54) is 42.7 Å². The van der Waals surface area contributed by atoms with Gasteiger partial charge in [0.25, 0.3) is 0 Å². The van der Waals surface area contributed by atoms with Crippen LogP contribution < -0.4 is 10.6 Å². The van der Waals surface area contributed by atoms with Crippen LogP contribution in [0, 0.1) is 0 Å². The molecule has 0 unspecified atom stereocenters. The summed E-state index contributed by atoms with van der Waals surface area (Å²) in [5.74, 6) is 0. The molecule has 1 aliphatic carbocycles. The number of hydrogen-bond acceptors (Lipinski definition) is 0. The van der Waals surface area contributed by atoms with Gasteiger partial charge in [-0.25, -0.2) is 0 Å². The molecule has 0 bridgehead atoms. The third-order valence-electron chi connectivity index (χ3n) is 4.67. The van der Waals surface area contributed by atoms with Gasteiger partial charge in [0, 0.05) is 0 Å². The molecule has 0 radical (unpaired) electrons. The molecule has 0 aromatic heterocycles. The molecule has 0 aliphatic heterocycles. The Morgan fingerprint density at radius 3 is 1.52 bits per heavy atom. The van der Waals surface area contributed by atoms with Gasteiger partial charge in [-0.05, 0) is 0 Å². The fourth-order valence-electron chi connectivity index (χ4n) is 3.51. The first-order valence-corrected chi connectivity index (χ1v) is 14.0. The first-order valence-electron chi connectivity index (χ1n) is 7.68. The molecule has 2 aromatic rings. The van der Waals surface area contributed by atoms with Gasteiger partial charge in [0.05, 0.1) is 0 Å². The van der Waals surface area contributed by atoms with E-state index < -0.39 is 4.01 Å². The van der Waals surface area contributed by atoms with Crippen LogP contribution in [0.25, 0.3) is 0 Å². The van der Waals surface area contributed by atoms with Crippen LogP contribution >= 0.6 is 35.0 Å². The molecule has 2 aromatic carbocycles. The van der Waals surface area contributed by atoms with Crippen LogP contribution in [0.3, 0.4) is 0 Å². The predicted molar refractivity (Wildman–Crippen MR) is 104 cm³/mol. The van der Waals surface area contributed by atoms with Crippen molar-refractivity contribution < 1.29 is 0 Å². The molecule has 112 valence electrons. The van der Waals surface area contributed by atoms with E-state index in [1.807, 2.05) is 0 Å². The molecule has 0 heterocycles. The van der Waals surface area contributed by atoms with Crippen LogP contribution in [0.4, 0.5) is 0 Å². The van der Waals surface area contributed by atoms with E-state index in [0.29, 0.717) is 5.66 Å². The normalized spacial score (nSPS) is 18.9. The number of halogens is 2. The maximum absolute atomic E-state index is 4.31. The fraction of sp³-hybridized carbons (Fsp3) is 0.333. The molecular formula is C18H21Br2P. The molecule has 1 saturated carbocycles. The third kappa shape index (κ3) is 2.76. The first-order chi connectivity index (χ1) is 10.1. The van der Waals surface area contributed by atoms with Gasteiger partial charge in [0.2, 0.25) is 0 Å². The zero-order chi connectivity index (χ0) is 14.8. The van der Waals surface area contributed by atoms with Crippen molar-refractivity contribution >= 4 is 45.6 Å². The Hall–Kier alpha value is -0.170. The molecule has 0 spiro atoms. The molecule has 1 aliphatic rings. The monoisotopic (exact) mass is 426 g/mol. The van der Waals surface area contributed by atoms with Gasteiger partial charge in [-0.3, -0.25) is 0 Å². The van der Waals surface area contributed by atoms with E-state index in [-0.39, 0.29) is 0 Å². The van der Waals surface area contributed by atoms with Crippen molar-refractivity contribution in [3.8, 4) is 0 Å². The van der Waals surface area contributed by atoms with Gasteiger partial charge in [0.15, 0.2) is 0 Å². The second-order valence-corrected chi connectivity index (χ2v) is 21.3. The summed E-state index contributed by atoms with van der Waals surface area (Å²) in [5, 5.41) is 2.84. The van der Waals surface area contributed by atoms with E-state index in [2.05, 4.69) is 91.6 Å². The Kier molecular flexibility index (Phi) is 4.60. The Morgan fingerprint density at radius 2 is 1.10 bits per heavy atom. The topological polar surface area (TPSA) is 0 Å². The molecule has 3 heteroatoms. The Labute approximate surface area is 143 Å². The van der Waals surface area contributed by atoms with Crippen molar-refractivity contribution in [1.29, 1.82) is 0 Å². The van der Waals surface area contributed by atoms with Crippen LogP contribution in [0.15, 0.2) is 60.7 Å². The molecular weight excluding hydrogens is 407 g/mol. The van der Waals surface area contributed by atoms with Crippen LogP contribution in [0.5, 0.6) is 0 Å². The van der Waals surface area contributed by atoms with Crippen LogP contribution in [0.1, 0.15) is 32.1 Å². The van der Waals surface area contributed by atoms with E-state index in [1.54, 1.807) is 0 Å². The Morgan fingerprint density at radius 1 is 0.667 bits per heavy atom. The quantitative estimate of drug-likeness (QED) is 0.515. The Bertz CT molecular complexity index is 546. The van der Waals surface area contributed by atoms with Gasteiger partial charge in [-0.2, -0.15) is 0 Å². The molecule has 3 rings (SSSR count). The second-order valence-electron chi connectivity index (χ2n) is 5.93. The third-order valence-corrected chi connectivity index (χ3v) is 17.4. The minimum absolute atomic E-state index is 0.676. The van der Waals surface area contributed by atoms with Gasteiger partial charge in [0.1, 0.15) is 0 Å². The van der Waals surface area contributed by atoms with Gasteiger partial charge >= 0.3 is 144 Å². The summed E-state index contributed by atoms with van der Waals surface area (Å²) in [6.07, 6.45) is 6.68. The summed E-state index contributed by atoms with van der Waals surface area (Å²) in [4.78, 5) is 0. The van der Waals surface area contributed by atoms with E-state index in [9.17, 15) is 0 Å². The van der Waals surface area contributed by atoms with Crippen LogP contribution in [-0.4, -0.2) is 5.66 Å². The van der Waals surface area contributed by atoms with E-state index in [4.69, 9.17) is 0 Å². The number of benzene rings is 2. The zero-order valence-electron chi connectivity index (χ0n) is 12.1. The summed E-state index contributed by atoms with van der Waals surface area (Å²) in [7, 11) is 0. The standard InChI is InChI=1S/C18H21Br2P/c19-21(20,16-10-4-1-5-11-16,17-12-6-2-7-13-17)18-14-8-3-9-15-18/h1-2,4-7,10-13,18H,3,8-9,14-15H2. The average Bonchev–Trinajstić information content (AvgIpc) is 2.57. The summed E-state index contributed by atoms with van der Waals surface area (Å²) in [6, 6.07) is 22.0. The van der Waals surface area contributed by atoms with E-state index >= 15 is 0 Å². The summed E-state index contributed by atoms with van der Waals surface area (Å²) >= 11 is 8.63. The predicted octanol–water partition coefficient (Wildman–Crippen LogP) is 6.14. The van der Waals surface area contributed by atoms with Crippen LogP contribution in [0.2, 0.25) is 0 Å². The molecule has 0 N–H and O–H groups in total. The molecule has 0 atom stereocenters. The maximum atomic E-state index is 4.31. The van der Waals surface area contributed by atoms with Gasteiger partial charge < -0.3 is 0 Å². The van der Waals surface area contributed by atoms with Gasteiger partial charge in [-0.15, -0.1) is 0 Å². The SMILES string of the molecule is BrP(Br)(c1ccccc1)(c1ccccc1)C1CCCCC1. The first kappa shape index (κ1) is 15.7.